The van der Waals surface area contributed by atoms with E-state index in [0.29, 0.717) is 29.9 Å². The van der Waals surface area contributed by atoms with Crippen molar-refractivity contribution in [3.63, 3.8) is 0 Å². The van der Waals surface area contributed by atoms with Crippen molar-refractivity contribution in [2.24, 2.45) is 0 Å². The van der Waals surface area contributed by atoms with Gasteiger partial charge in [-0.25, -0.2) is 4.39 Å². The van der Waals surface area contributed by atoms with E-state index in [2.05, 4.69) is 22.2 Å². The molecule has 0 radical (unpaired) electrons. The zero-order valence-corrected chi connectivity index (χ0v) is 19.3. The summed E-state index contributed by atoms with van der Waals surface area (Å²) in [6.45, 7) is 10.7. The summed E-state index contributed by atoms with van der Waals surface area (Å²) in [6.07, 6.45) is 8.32. The van der Waals surface area contributed by atoms with Gasteiger partial charge in [0.05, 0.1) is 6.04 Å². The number of aromatic nitrogens is 1. The van der Waals surface area contributed by atoms with Gasteiger partial charge >= 0.3 is 0 Å². The van der Waals surface area contributed by atoms with Crippen LogP contribution in [0.2, 0.25) is 0 Å². The molecule has 1 aliphatic heterocycles. The highest BCUT2D eigenvalue weighted by Gasteiger charge is 2.24. The number of benzene rings is 1. The number of nitrogens with zero attached hydrogens (tertiary/aromatic N) is 1. The third-order valence-corrected chi connectivity index (χ3v) is 5.06. The highest BCUT2D eigenvalue weighted by Crippen LogP contribution is 2.30. The van der Waals surface area contributed by atoms with Gasteiger partial charge in [-0.2, -0.15) is 0 Å². The molecule has 5 nitrogen and oxygen atoms in total. The van der Waals surface area contributed by atoms with E-state index in [1.807, 2.05) is 57.2 Å². The summed E-state index contributed by atoms with van der Waals surface area (Å²) in [6, 6.07) is 11.4. The van der Waals surface area contributed by atoms with Crippen LogP contribution in [0.15, 0.2) is 85.1 Å². The first-order chi connectivity index (χ1) is 15.6. The molecule has 3 rings (SSSR count). The van der Waals surface area contributed by atoms with Crippen LogP contribution in [0.25, 0.3) is 5.57 Å². The quantitative estimate of drug-likeness (QED) is 0.490. The van der Waals surface area contributed by atoms with E-state index in [0.717, 1.165) is 11.1 Å². The van der Waals surface area contributed by atoms with Crippen LogP contribution >= 0.6 is 0 Å². The molecule has 1 amide bonds. The Morgan fingerprint density at radius 3 is 2.62 bits per heavy atom. The minimum absolute atomic E-state index is 0.135. The Morgan fingerprint density at radius 2 is 2.03 bits per heavy atom. The first-order valence-corrected chi connectivity index (χ1v) is 10.9. The molecule has 1 unspecified atom stereocenters. The van der Waals surface area contributed by atoms with Crippen molar-refractivity contribution in [3.05, 3.63) is 102 Å². The maximum atomic E-state index is 14.8. The summed E-state index contributed by atoms with van der Waals surface area (Å²) < 4.78 is 14.8. The van der Waals surface area contributed by atoms with Crippen molar-refractivity contribution in [2.45, 2.75) is 26.8 Å². The van der Waals surface area contributed by atoms with Gasteiger partial charge in [0.2, 0.25) is 0 Å². The summed E-state index contributed by atoms with van der Waals surface area (Å²) in [5, 5.41) is 5.79. The molecule has 1 aromatic heterocycles. The molecule has 1 aromatic carbocycles. The molecule has 0 bridgehead atoms. The highest BCUT2D eigenvalue weighted by molar-refractivity contribution is 5.95. The van der Waals surface area contributed by atoms with Gasteiger partial charge in [-0.05, 0) is 36.4 Å². The van der Waals surface area contributed by atoms with Gasteiger partial charge in [-0.15, -0.1) is 6.58 Å². The van der Waals surface area contributed by atoms with E-state index in [4.69, 9.17) is 0 Å². The molecule has 1 aliphatic rings. The van der Waals surface area contributed by atoms with E-state index in [9.17, 15) is 9.18 Å². The molecular formula is C26H33FN4O. The minimum atomic E-state index is -0.389. The Balaban J connectivity index is 0.00000176. The van der Waals surface area contributed by atoms with Crippen molar-refractivity contribution in [3.8, 4) is 0 Å². The van der Waals surface area contributed by atoms with Gasteiger partial charge in [0.15, 0.2) is 0 Å². The second-order valence-corrected chi connectivity index (χ2v) is 7.03. The SMILES string of the molecule is C=CCN(C(=O)c1cc(C(=C2\C=CNC2)/C(F)=C\NC)c[nH]1)C(C)c1ccccc1.CC. The summed E-state index contributed by atoms with van der Waals surface area (Å²) >= 11 is 0. The third-order valence-electron chi connectivity index (χ3n) is 5.06. The Morgan fingerprint density at radius 1 is 1.31 bits per heavy atom. The zero-order chi connectivity index (χ0) is 23.5. The predicted molar refractivity (Wildman–Crippen MR) is 131 cm³/mol. The van der Waals surface area contributed by atoms with Crippen LogP contribution in [0, 0.1) is 0 Å². The monoisotopic (exact) mass is 436 g/mol. The lowest BCUT2D eigenvalue weighted by atomic mass is 10.0. The Hall–Kier alpha value is -3.54. The van der Waals surface area contributed by atoms with Gasteiger partial charge in [-0.3, -0.25) is 4.79 Å². The number of rotatable bonds is 8. The lowest BCUT2D eigenvalue weighted by Gasteiger charge is -2.28. The number of carbonyl (C=O) groups is 1. The summed E-state index contributed by atoms with van der Waals surface area (Å²) in [5.41, 5.74) is 3.33. The van der Waals surface area contributed by atoms with E-state index < -0.39 is 0 Å². The van der Waals surface area contributed by atoms with Crippen LogP contribution in [0.3, 0.4) is 0 Å². The number of amides is 1. The molecule has 2 heterocycles. The van der Waals surface area contributed by atoms with Crippen LogP contribution in [-0.4, -0.2) is 35.9 Å². The molecule has 1 atom stereocenters. The van der Waals surface area contributed by atoms with Gasteiger partial charge in [0, 0.05) is 43.7 Å². The van der Waals surface area contributed by atoms with Crippen LogP contribution < -0.4 is 10.6 Å². The van der Waals surface area contributed by atoms with Crippen molar-refractivity contribution >= 4 is 11.5 Å². The maximum absolute atomic E-state index is 14.8. The zero-order valence-electron chi connectivity index (χ0n) is 19.3. The largest absolute Gasteiger partial charge is 0.392 e. The average Bonchev–Trinajstić information content (AvgIpc) is 3.52. The number of halogens is 1. The summed E-state index contributed by atoms with van der Waals surface area (Å²) in [5.74, 6) is -0.556. The minimum Gasteiger partial charge on any atom is -0.392 e. The van der Waals surface area contributed by atoms with Crippen LogP contribution in [0.5, 0.6) is 0 Å². The Bertz CT molecular complexity index is 988. The molecule has 170 valence electrons. The van der Waals surface area contributed by atoms with Gasteiger partial charge < -0.3 is 20.5 Å². The van der Waals surface area contributed by atoms with E-state index >= 15 is 0 Å². The molecule has 0 spiro atoms. The fourth-order valence-corrected chi connectivity index (χ4v) is 3.52. The standard InChI is InChI=1S/C24H27FN4O.C2H6/c1-4-12-29(17(2)18-8-6-5-7-9-18)24(30)22-13-20(15-28-22)23(21(25)16-26-3)19-10-11-27-14-19;1-2/h4-11,13,15-17,26-28H,1,12,14H2,2-3H3;1-2H3/b21-16+,23-19-;. The predicted octanol–water partition coefficient (Wildman–Crippen LogP) is 5.33. The molecule has 0 fully saturated rings. The van der Waals surface area contributed by atoms with E-state index in [-0.39, 0.29) is 17.8 Å². The Labute approximate surface area is 190 Å². The second kappa shape index (κ2) is 12.3. The third kappa shape index (κ3) is 5.78. The average molecular weight is 437 g/mol. The van der Waals surface area contributed by atoms with Crippen molar-refractivity contribution in [1.29, 1.82) is 0 Å². The fraction of sp³-hybridized carbons (Fsp3) is 0.269. The van der Waals surface area contributed by atoms with Crippen LogP contribution in [0.4, 0.5) is 4.39 Å². The lowest BCUT2D eigenvalue weighted by Crippen LogP contribution is -2.34. The molecule has 32 heavy (non-hydrogen) atoms. The summed E-state index contributed by atoms with van der Waals surface area (Å²) in [4.78, 5) is 18.1. The van der Waals surface area contributed by atoms with Crippen molar-refractivity contribution < 1.29 is 9.18 Å². The molecule has 0 aliphatic carbocycles. The molecule has 0 saturated carbocycles. The lowest BCUT2D eigenvalue weighted by molar-refractivity contribution is 0.0709. The molecule has 6 heteroatoms. The molecule has 0 saturated heterocycles. The number of hydrogen-bond acceptors (Lipinski definition) is 3. The number of H-pyrrole nitrogens is 1. The van der Waals surface area contributed by atoms with Crippen LogP contribution in [0.1, 0.15) is 48.4 Å². The van der Waals surface area contributed by atoms with Gasteiger partial charge in [-0.1, -0.05) is 50.3 Å². The first-order valence-electron chi connectivity index (χ1n) is 10.9. The summed E-state index contributed by atoms with van der Waals surface area (Å²) in [7, 11) is 1.65. The molecule has 2 aromatic rings. The van der Waals surface area contributed by atoms with E-state index in [1.54, 1.807) is 36.5 Å². The van der Waals surface area contributed by atoms with Crippen LogP contribution in [-0.2, 0) is 0 Å². The smallest absolute Gasteiger partial charge is 0.271 e. The normalized spacial score (nSPS) is 15.2. The molecule has 3 N–H and O–H groups in total. The topological polar surface area (TPSA) is 60.2 Å². The first kappa shape index (κ1) is 24.7. The van der Waals surface area contributed by atoms with E-state index in [1.165, 1.54) is 6.20 Å². The molecular weight excluding hydrogens is 403 g/mol. The number of nitrogens with one attached hydrogen (secondary N) is 3. The Kier molecular flexibility index (Phi) is 9.54. The second-order valence-electron chi connectivity index (χ2n) is 7.03. The highest BCUT2D eigenvalue weighted by atomic mass is 19.1. The number of allylic oxidation sites excluding steroid dienone is 2. The van der Waals surface area contributed by atoms with Crippen molar-refractivity contribution in [2.75, 3.05) is 20.1 Å². The van der Waals surface area contributed by atoms with Gasteiger partial charge in [0.1, 0.15) is 11.5 Å². The number of aromatic amines is 1. The van der Waals surface area contributed by atoms with Gasteiger partial charge in [0.25, 0.3) is 5.91 Å². The maximum Gasteiger partial charge on any atom is 0.271 e. The number of carbonyl (C=O) groups excluding carboxylic acids is 1. The fourth-order valence-electron chi connectivity index (χ4n) is 3.52. The number of hydrogen-bond donors (Lipinski definition) is 3. The van der Waals surface area contributed by atoms with Crippen molar-refractivity contribution in [1.82, 2.24) is 20.5 Å².